The third kappa shape index (κ3) is 3.67. The number of aromatic hydroxyl groups is 1. The van der Waals surface area contributed by atoms with Crippen LogP contribution in [0.2, 0.25) is 0 Å². The fraction of sp³-hybridized carbons (Fsp3) is 0. The Morgan fingerprint density at radius 3 is 2.68 bits per heavy atom. The summed E-state index contributed by atoms with van der Waals surface area (Å²) in [6, 6.07) is 10.6. The van der Waals surface area contributed by atoms with Crippen LogP contribution >= 0.6 is 15.9 Å². The summed E-state index contributed by atoms with van der Waals surface area (Å²) in [7, 11) is 0. The van der Waals surface area contributed by atoms with Crippen LogP contribution in [-0.2, 0) is 0 Å². The van der Waals surface area contributed by atoms with Gasteiger partial charge < -0.3 is 5.11 Å². The van der Waals surface area contributed by atoms with Crippen LogP contribution < -0.4 is 5.43 Å². The lowest BCUT2D eigenvalue weighted by Gasteiger charge is -2.02. The largest absolute Gasteiger partial charge is 0.502 e. The molecule has 0 spiro atoms. The zero-order chi connectivity index (χ0) is 16.1. The predicted octanol–water partition coefficient (Wildman–Crippen LogP) is 2.83. The number of nitrogens with zero attached hydrogens (tertiary/aromatic N) is 2. The van der Waals surface area contributed by atoms with E-state index in [4.69, 9.17) is 0 Å². The van der Waals surface area contributed by atoms with Crippen LogP contribution in [-0.4, -0.2) is 22.2 Å². The summed E-state index contributed by atoms with van der Waals surface area (Å²) in [4.78, 5) is 21.8. The maximum atomic E-state index is 11.9. The summed E-state index contributed by atoms with van der Waals surface area (Å²) in [5.74, 6) is -0.874. The Morgan fingerprint density at radius 1 is 1.32 bits per heavy atom. The molecule has 0 atom stereocenters. The number of halogens is 1. The number of amides is 1. The highest BCUT2D eigenvalue weighted by atomic mass is 79.9. The molecule has 0 saturated carbocycles. The van der Waals surface area contributed by atoms with Crippen molar-refractivity contribution in [2.75, 3.05) is 0 Å². The zero-order valence-electron chi connectivity index (χ0n) is 11.1. The third-order valence-electron chi connectivity index (χ3n) is 2.69. The highest BCUT2D eigenvalue weighted by Gasteiger charge is 2.12. The molecule has 0 radical (unpaired) electrons. The average molecular weight is 364 g/mol. The summed E-state index contributed by atoms with van der Waals surface area (Å²) >= 11 is 3.26. The van der Waals surface area contributed by atoms with Crippen LogP contribution in [0.4, 0.5) is 5.69 Å². The molecule has 2 N–H and O–H groups in total. The van der Waals surface area contributed by atoms with E-state index >= 15 is 0 Å². The van der Waals surface area contributed by atoms with E-state index in [9.17, 15) is 20.0 Å². The second kappa shape index (κ2) is 6.81. The molecule has 0 aliphatic carbocycles. The number of phenolic OH excluding ortho intramolecular Hbond substituents is 1. The molecule has 22 heavy (non-hydrogen) atoms. The Kier molecular flexibility index (Phi) is 4.84. The second-order valence-electron chi connectivity index (χ2n) is 4.18. The molecule has 2 rings (SSSR count). The van der Waals surface area contributed by atoms with Gasteiger partial charge >= 0.3 is 5.69 Å². The molecule has 0 aromatic heterocycles. The number of carbonyl (C=O) groups excluding carboxylic acids is 1. The number of hydrogen-bond acceptors (Lipinski definition) is 5. The molecule has 0 heterocycles. The van der Waals surface area contributed by atoms with Crippen molar-refractivity contribution < 1.29 is 14.8 Å². The number of benzene rings is 2. The maximum Gasteiger partial charge on any atom is 0.310 e. The summed E-state index contributed by atoms with van der Waals surface area (Å²) in [6.07, 6.45) is 1.28. The molecule has 0 unspecified atom stereocenters. The minimum Gasteiger partial charge on any atom is -0.502 e. The molecule has 2 aromatic rings. The highest BCUT2D eigenvalue weighted by molar-refractivity contribution is 9.10. The lowest BCUT2D eigenvalue weighted by atomic mass is 10.2. The molecule has 0 fully saturated rings. The number of phenols is 1. The minimum atomic E-state index is -0.690. The maximum absolute atomic E-state index is 11.9. The summed E-state index contributed by atoms with van der Waals surface area (Å²) < 4.78 is 0.635. The second-order valence-corrected chi connectivity index (χ2v) is 5.04. The summed E-state index contributed by atoms with van der Waals surface area (Å²) in [5.41, 5.74) is 2.77. The fourth-order valence-electron chi connectivity index (χ4n) is 1.65. The van der Waals surface area contributed by atoms with Crippen molar-refractivity contribution in [1.82, 2.24) is 5.43 Å². The van der Waals surface area contributed by atoms with Crippen LogP contribution in [0.3, 0.4) is 0 Å². The average Bonchev–Trinajstić information content (AvgIpc) is 2.47. The Morgan fingerprint density at radius 2 is 2.05 bits per heavy atom. The van der Waals surface area contributed by atoms with Gasteiger partial charge in [0.1, 0.15) is 0 Å². The number of hydrazone groups is 1. The van der Waals surface area contributed by atoms with Crippen LogP contribution in [0.5, 0.6) is 5.75 Å². The summed E-state index contributed by atoms with van der Waals surface area (Å²) in [6.45, 7) is 0. The first-order chi connectivity index (χ1) is 10.5. The van der Waals surface area contributed by atoms with E-state index in [-0.39, 0.29) is 0 Å². The van der Waals surface area contributed by atoms with E-state index in [2.05, 4.69) is 26.5 Å². The molecule has 2 aromatic carbocycles. The van der Waals surface area contributed by atoms with Crippen molar-refractivity contribution in [3.05, 3.63) is 68.2 Å². The van der Waals surface area contributed by atoms with E-state index in [0.717, 1.165) is 6.07 Å². The first kappa shape index (κ1) is 15.6. The lowest BCUT2D eigenvalue weighted by Crippen LogP contribution is -2.18. The standard InChI is InChI=1S/C14H10BrN3O4/c15-11-4-2-1-3-10(11)14(20)17-16-8-9-5-6-12(18(21)22)13(19)7-9/h1-8,19H,(H,17,20)/b16-8+. The Bertz CT molecular complexity index is 762. The van der Waals surface area contributed by atoms with E-state index < -0.39 is 22.3 Å². The van der Waals surface area contributed by atoms with E-state index in [1.54, 1.807) is 24.3 Å². The van der Waals surface area contributed by atoms with Crippen LogP contribution in [0, 0.1) is 10.1 Å². The highest BCUT2D eigenvalue weighted by Crippen LogP contribution is 2.25. The van der Waals surface area contributed by atoms with Crippen LogP contribution in [0.15, 0.2) is 52.0 Å². The number of nitro groups is 1. The first-order valence-electron chi connectivity index (χ1n) is 6.04. The van der Waals surface area contributed by atoms with Gasteiger partial charge in [-0.25, -0.2) is 5.43 Å². The normalized spacial score (nSPS) is 10.6. The van der Waals surface area contributed by atoms with E-state index in [0.29, 0.717) is 15.6 Å². The molecule has 0 aliphatic heterocycles. The molecule has 8 heteroatoms. The molecular formula is C14H10BrN3O4. The molecule has 112 valence electrons. The first-order valence-corrected chi connectivity index (χ1v) is 6.83. The van der Waals surface area contributed by atoms with Gasteiger partial charge in [-0.2, -0.15) is 5.10 Å². The van der Waals surface area contributed by atoms with Gasteiger partial charge in [-0.1, -0.05) is 12.1 Å². The SMILES string of the molecule is O=C(N/N=C/c1ccc([N+](=O)[O-])c(O)c1)c1ccccc1Br. The summed E-state index contributed by atoms with van der Waals surface area (Å²) in [5, 5.41) is 23.8. The third-order valence-corrected chi connectivity index (χ3v) is 3.39. The fourth-order valence-corrected chi connectivity index (χ4v) is 2.11. The van der Waals surface area contributed by atoms with Crippen molar-refractivity contribution >= 4 is 33.7 Å². The van der Waals surface area contributed by atoms with Gasteiger partial charge in [-0.05, 0) is 45.8 Å². The van der Waals surface area contributed by atoms with Crippen LogP contribution in [0.1, 0.15) is 15.9 Å². The van der Waals surface area contributed by atoms with Crippen molar-refractivity contribution in [1.29, 1.82) is 0 Å². The van der Waals surface area contributed by atoms with Crippen molar-refractivity contribution in [2.45, 2.75) is 0 Å². The van der Waals surface area contributed by atoms with Gasteiger partial charge in [0, 0.05) is 10.5 Å². The molecule has 0 aliphatic rings. The lowest BCUT2D eigenvalue weighted by molar-refractivity contribution is -0.385. The van der Waals surface area contributed by atoms with Gasteiger partial charge in [0.05, 0.1) is 16.7 Å². The van der Waals surface area contributed by atoms with Gasteiger partial charge in [-0.15, -0.1) is 0 Å². The van der Waals surface area contributed by atoms with Gasteiger partial charge in [0.2, 0.25) is 0 Å². The molecule has 1 amide bonds. The Balaban J connectivity index is 2.07. The number of hydrogen-bond donors (Lipinski definition) is 2. The van der Waals surface area contributed by atoms with Crippen molar-refractivity contribution in [3.8, 4) is 5.75 Å². The number of nitrogens with one attached hydrogen (secondary N) is 1. The van der Waals surface area contributed by atoms with Crippen LogP contribution in [0.25, 0.3) is 0 Å². The van der Waals surface area contributed by atoms with Crippen molar-refractivity contribution in [3.63, 3.8) is 0 Å². The minimum absolute atomic E-state index is 0.394. The van der Waals surface area contributed by atoms with Gasteiger partial charge in [0.15, 0.2) is 5.75 Å². The zero-order valence-corrected chi connectivity index (χ0v) is 12.6. The van der Waals surface area contributed by atoms with Gasteiger partial charge in [-0.3, -0.25) is 14.9 Å². The monoisotopic (exact) mass is 363 g/mol. The van der Waals surface area contributed by atoms with Gasteiger partial charge in [0.25, 0.3) is 5.91 Å². The Hall–Kier alpha value is -2.74. The number of nitro benzene ring substituents is 1. The Labute approximate surface area is 133 Å². The van der Waals surface area contributed by atoms with E-state index in [1.165, 1.54) is 18.3 Å². The molecule has 0 saturated heterocycles. The smallest absolute Gasteiger partial charge is 0.310 e. The molecule has 0 bridgehead atoms. The number of carbonyl (C=O) groups is 1. The number of rotatable bonds is 4. The van der Waals surface area contributed by atoms with Crippen molar-refractivity contribution in [2.24, 2.45) is 5.10 Å². The quantitative estimate of drug-likeness (QED) is 0.494. The molecule has 7 nitrogen and oxygen atoms in total. The topological polar surface area (TPSA) is 105 Å². The predicted molar refractivity (Wildman–Crippen MR) is 84.0 cm³/mol. The van der Waals surface area contributed by atoms with E-state index in [1.807, 2.05) is 0 Å². The molecular weight excluding hydrogens is 354 g/mol.